The van der Waals surface area contributed by atoms with E-state index in [1.165, 1.54) is 24.1 Å². The van der Waals surface area contributed by atoms with Crippen LogP contribution in [0.4, 0.5) is 0 Å². The van der Waals surface area contributed by atoms with Crippen molar-refractivity contribution in [1.82, 2.24) is 4.90 Å². The Morgan fingerprint density at radius 2 is 2.30 bits per heavy atom. The summed E-state index contributed by atoms with van der Waals surface area (Å²) in [6.45, 7) is 0.643. The first-order valence-electron chi connectivity index (χ1n) is 6.18. The fourth-order valence-corrected chi connectivity index (χ4v) is 4.11. The smallest absolute Gasteiger partial charge is 0.289 e. The molecule has 2 heterocycles. The van der Waals surface area contributed by atoms with Gasteiger partial charge in [0.25, 0.3) is 5.91 Å². The molecule has 1 saturated heterocycles. The van der Waals surface area contributed by atoms with Gasteiger partial charge in [-0.2, -0.15) is 0 Å². The number of carbonyl (C=O) groups is 1. The van der Waals surface area contributed by atoms with Crippen molar-refractivity contribution in [3.05, 3.63) is 23.1 Å². The number of rotatable bonds is 5. The summed E-state index contributed by atoms with van der Waals surface area (Å²) in [5, 5.41) is 0.124. The first-order valence-corrected chi connectivity index (χ1v) is 8.38. The molecular formula is C12H16ClNO5S. The van der Waals surface area contributed by atoms with Gasteiger partial charge in [0.1, 0.15) is 0 Å². The second-order valence-corrected chi connectivity index (χ2v) is 7.25. The minimum Gasteiger partial charge on any atom is -0.440 e. The zero-order chi connectivity index (χ0) is 14.8. The Hall–Kier alpha value is -1.05. The summed E-state index contributed by atoms with van der Waals surface area (Å²) in [7, 11) is -1.54. The van der Waals surface area contributed by atoms with Crippen LogP contribution in [0.15, 0.2) is 16.5 Å². The summed E-state index contributed by atoms with van der Waals surface area (Å²) in [4.78, 5) is 13.9. The summed E-state index contributed by atoms with van der Waals surface area (Å²) < 4.78 is 33.2. The quantitative estimate of drug-likeness (QED) is 0.814. The van der Waals surface area contributed by atoms with Crippen molar-refractivity contribution in [2.45, 2.75) is 12.5 Å². The van der Waals surface area contributed by atoms with Crippen molar-refractivity contribution in [3.8, 4) is 0 Å². The third-order valence-corrected chi connectivity index (χ3v) is 5.18. The van der Waals surface area contributed by atoms with E-state index in [2.05, 4.69) is 0 Å². The Morgan fingerprint density at radius 3 is 2.80 bits per heavy atom. The molecule has 1 atom stereocenters. The zero-order valence-electron chi connectivity index (χ0n) is 11.0. The van der Waals surface area contributed by atoms with Gasteiger partial charge in [0.2, 0.25) is 0 Å². The van der Waals surface area contributed by atoms with Gasteiger partial charge in [-0.3, -0.25) is 4.79 Å². The maximum Gasteiger partial charge on any atom is 0.289 e. The van der Waals surface area contributed by atoms with Gasteiger partial charge in [0.05, 0.1) is 18.1 Å². The maximum absolute atomic E-state index is 12.4. The number of hydrogen-bond donors (Lipinski definition) is 0. The van der Waals surface area contributed by atoms with Crippen molar-refractivity contribution in [3.63, 3.8) is 0 Å². The molecule has 1 aliphatic heterocycles. The number of amides is 1. The van der Waals surface area contributed by atoms with Crippen molar-refractivity contribution < 1.29 is 22.4 Å². The van der Waals surface area contributed by atoms with Gasteiger partial charge < -0.3 is 14.1 Å². The van der Waals surface area contributed by atoms with E-state index in [1.807, 2.05) is 0 Å². The average molecular weight is 322 g/mol. The van der Waals surface area contributed by atoms with E-state index in [0.717, 1.165) is 0 Å². The van der Waals surface area contributed by atoms with Crippen molar-refractivity contribution in [1.29, 1.82) is 0 Å². The third-order valence-electron chi connectivity index (χ3n) is 3.23. The molecule has 1 aliphatic rings. The average Bonchev–Trinajstić information content (AvgIpc) is 2.96. The molecule has 2 rings (SSSR count). The number of carbonyl (C=O) groups excluding carboxylic acids is 1. The lowest BCUT2D eigenvalue weighted by Crippen LogP contribution is -2.42. The molecule has 1 aromatic heterocycles. The molecule has 8 heteroatoms. The molecule has 20 heavy (non-hydrogen) atoms. The second-order valence-electron chi connectivity index (χ2n) is 4.65. The minimum absolute atomic E-state index is 0.0170. The molecule has 112 valence electrons. The van der Waals surface area contributed by atoms with Crippen molar-refractivity contribution in [2.75, 3.05) is 31.8 Å². The monoisotopic (exact) mass is 321 g/mol. The largest absolute Gasteiger partial charge is 0.440 e. The normalized spacial score (nSPS) is 21.0. The van der Waals surface area contributed by atoms with Crippen LogP contribution in [-0.2, 0) is 14.6 Å². The van der Waals surface area contributed by atoms with E-state index < -0.39 is 9.84 Å². The molecule has 0 radical (unpaired) electrons. The molecule has 0 aromatic carbocycles. The number of ether oxygens (including phenoxy) is 1. The Kier molecular flexibility index (Phi) is 4.72. The topological polar surface area (TPSA) is 76.8 Å². The first kappa shape index (κ1) is 15.3. The number of furan rings is 1. The van der Waals surface area contributed by atoms with E-state index >= 15 is 0 Å². The van der Waals surface area contributed by atoms with E-state index in [9.17, 15) is 13.2 Å². The molecular weight excluding hydrogens is 306 g/mol. The molecule has 1 amide bonds. The van der Waals surface area contributed by atoms with Gasteiger partial charge in [0, 0.05) is 19.7 Å². The van der Waals surface area contributed by atoms with Crippen LogP contribution in [0, 0.1) is 0 Å². The predicted octanol–water partition coefficient (Wildman–Crippen LogP) is 1.21. The van der Waals surface area contributed by atoms with Gasteiger partial charge in [-0.05, 0) is 30.2 Å². The Balaban J connectivity index is 2.17. The Labute approximate surface area is 122 Å². The number of nitrogens with zero attached hydrogens (tertiary/aromatic N) is 1. The molecule has 0 aliphatic carbocycles. The predicted molar refractivity (Wildman–Crippen MR) is 73.7 cm³/mol. The third kappa shape index (κ3) is 3.53. The van der Waals surface area contributed by atoms with Crippen LogP contribution in [0.25, 0.3) is 0 Å². The molecule has 0 saturated carbocycles. The van der Waals surface area contributed by atoms with Crippen LogP contribution in [0.2, 0.25) is 5.22 Å². The highest BCUT2D eigenvalue weighted by Crippen LogP contribution is 2.21. The number of methoxy groups -OCH3 is 1. The van der Waals surface area contributed by atoms with Crippen LogP contribution in [-0.4, -0.2) is 57.0 Å². The van der Waals surface area contributed by atoms with Crippen LogP contribution in [0.1, 0.15) is 17.0 Å². The Bertz CT molecular complexity index is 582. The fraction of sp³-hybridized carbons (Fsp3) is 0.583. The van der Waals surface area contributed by atoms with Gasteiger partial charge >= 0.3 is 0 Å². The van der Waals surface area contributed by atoms with E-state index in [0.29, 0.717) is 19.6 Å². The molecule has 0 N–H and O–H groups in total. The zero-order valence-corrected chi connectivity index (χ0v) is 12.6. The van der Waals surface area contributed by atoms with E-state index in [1.54, 1.807) is 0 Å². The highest BCUT2D eigenvalue weighted by atomic mass is 35.5. The highest BCUT2D eigenvalue weighted by molar-refractivity contribution is 7.91. The number of halogens is 1. The van der Waals surface area contributed by atoms with Gasteiger partial charge in [-0.25, -0.2) is 8.42 Å². The molecule has 1 aromatic rings. The standard InChI is InChI=1S/C12H16ClNO5S/c1-18-6-5-14(9-4-7-20(16,17)8-9)12(15)10-2-3-11(13)19-10/h2-3,9H,4-8H2,1H3. The molecule has 0 bridgehead atoms. The van der Waals surface area contributed by atoms with Crippen molar-refractivity contribution in [2.24, 2.45) is 0 Å². The molecule has 0 spiro atoms. The number of sulfone groups is 1. The Morgan fingerprint density at radius 1 is 1.55 bits per heavy atom. The van der Waals surface area contributed by atoms with E-state index in [-0.39, 0.29) is 34.4 Å². The fourth-order valence-electron chi connectivity index (χ4n) is 2.23. The summed E-state index contributed by atoms with van der Waals surface area (Å²) in [5.41, 5.74) is 0. The summed E-state index contributed by atoms with van der Waals surface area (Å²) >= 11 is 5.66. The second kappa shape index (κ2) is 6.15. The lowest BCUT2D eigenvalue weighted by Gasteiger charge is -2.27. The summed E-state index contributed by atoms with van der Waals surface area (Å²) in [5.74, 6) is -0.170. The van der Waals surface area contributed by atoms with Gasteiger partial charge in [-0.15, -0.1) is 0 Å². The molecule has 1 fully saturated rings. The molecule has 1 unspecified atom stereocenters. The number of hydrogen-bond acceptors (Lipinski definition) is 5. The summed E-state index contributed by atoms with van der Waals surface area (Å²) in [6, 6.07) is 2.62. The van der Waals surface area contributed by atoms with Gasteiger partial charge in [-0.1, -0.05) is 0 Å². The SMILES string of the molecule is COCCN(C(=O)c1ccc(Cl)o1)C1CCS(=O)(=O)C1. The minimum atomic E-state index is -3.07. The van der Waals surface area contributed by atoms with Gasteiger partial charge in [0.15, 0.2) is 20.8 Å². The lowest BCUT2D eigenvalue weighted by molar-refractivity contribution is 0.0593. The van der Waals surface area contributed by atoms with Crippen LogP contribution in [0.5, 0.6) is 0 Å². The van der Waals surface area contributed by atoms with Crippen LogP contribution in [0.3, 0.4) is 0 Å². The van der Waals surface area contributed by atoms with E-state index in [4.69, 9.17) is 20.8 Å². The highest BCUT2D eigenvalue weighted by Gasteiger charge is 2.35. The lowest BCUT2D eigenvalue weighted by atomic mass is 10.2. The summed E-state index contributed by atoms with van der Waals surface area (Å²) in [6.07, 6.45) is 0.437. The van der Waals surface area contributed by atoms with Crippen LogP contribution < -0.4 is 0 Å². The first-order chi connectivity index (χ1) is 9.43. The van der Waals surface area contributed by atoms with Crippen LogP contribution >= 0.6 is 11.6 Å². The van der Waals surface area contributed by atoms with Crippen molar-refractivity contribution >= 4 is 27.3 Å². The maximum atomic E-state index is 12.4. The molecule has 6 nitrogen and oxygen atoms in total.